The van der Waals surface area contributed by atoms with Gasteiger partial charge in [-0.15, -0.1) is 0 Å². The Morgan fingerprint density at radius 1 is 1.33 bits per heavy atom. The van der Waals surface area contributed by atoms with Crippen LogP contribution in [0.1, 0.15) is 25.5 Å². The molecule has 2 aromatic rings. The largest absolute Gasteiger partial charge is 0.396 e. The van der Waals surface area contributed by atoms with E-state index in [0.29, 0.717) is 5.92 Å². The van der Waals surface area contributed by atoms with Gasteiger partial charge in [0.15, 0.2) is 5.82 Å². The molecule has 0 radical (unpaired) electrons. The fourth-order valence-electron chi connectivity index (χ4n) is 1.61. The molecule has 4 nitrogen and oxygen atoms in total. The van der Waals surface area contributed by atoms with E-state index in [1.807, 2.05) is 18.2 Å². The molecule has 0 bridgehead atoms. The predicted octanol–water partition coefficient (Wildman–Crippen LogP) is 1.97. The zero-order chi connectivity index (χ0) is 10.8. The van der Waals surface area contributed by atoms with Gasteiger partial charge in [-0.1, -0.05) is 19.9 Å². The monoisotopic (exact) mass is 202 g/mol. The molecule has 0 spiro atoms. The van der Waals surface area contributed by atoms with Crippen LogP contribution < -0.4 is 5.73 Å². The van der Waals surface area contributed by atoms with Crippen LogP contribution in [-0.4, -0.2) is 14.8 Å². The highest BCUT2D eigenvalue weighted by Crippen LogP contribution is 2.23. The van der Waals surface area contributed by atoms with Gasteiger partial charge in [-0.3, -0.25) is 0 Å². The van der Waals surface area contributed by atoms with Gasteiger partial charge in [0.25, 0.3) is 0 Å². The van der Waals surface area contributed by atoms with E-state index < -0.39 is 0 Å². The van der Waals surface area contributed by atoms with Crippen LogP contribution in [0.25, 0.3) is 5.82 Å². The molecule has 0 aliphatic carbocycles. The molecule has 2 heterocycles. The van der Waals surface area contributed by atoms with Gasteiger partial charge >= 0.3 is 0 Å². The summed E-state index contributed by atoms with van der Waals surface area (Å²) in [5.41, 5.74) is 7.59. The molecule has 4 heteroatoms. The molecule has 2 aromatic heterocycles. The Morgan fingerprint density at radius 2 is 2.13 bits per heavy atom. The first-order chi connectivity index (χ1) is 7.20. The van der Waals surface area contributed by atoms with Crippen LogP contribution in [0, 0.1) is 0 Å². The lowest BCUT2D eigenvalue weighted by atomic mass is 10.1. The Labute approximate surface area is 88.8 Å². The maximum absolute atomic E-state index is 5.87. The third-order valence-electron chi connectivity index (χ3n) is 2.25. The SMILES string of the molecule is CC(C)c1c(N)cnn1-c1ccccn1. The van der Waals surface area contributed by atoms with E-state index in [0.717, 1.165) is 17.2 Å². The number of nitrogens with two attached hydrogens (primary N) is 1. The van der Waals surface area contributed by atoms with Gasteiger partial charge in [0.2, 0.25) is 0 Å². The van der Waals surface area contributed by atoms with Crippen molar-refractivity contribution in [3.63, 3.8) is 0 Å². The van der Waals surface area contributed by atoms with E-state index in [-0.39, 0.29) is 0 Å². The molecule has 0 saturated carbocycles. The molecule has 0 atom stereocenters. The summed E-state index contributed by atoms with van der Waals surface area (Å²) in [6.07, 6.45) is 3.42. The van der Waals surface area contributed by atoms with Crippen molar-refractivity contribution >= 4 is 5.69 Å². The second-order valence-electron chi connectivity index (χ2n) is 3.74. The summed E-state index contributed by atoms with van der Waals surface area (Å²) in [4.78, 5) is 4.25. The maximum atomic E-state index is 5.87. The topological polar surface area (TPSA) is 56.7 Å². The Hall–Kier alpha value is -1.84. The van der Waals surface area contributed by atoms with Crippen molar-refractivity contribution in [2.24, 2.45) is 0 Å². The van der Waals surface area contributed by atoms with Crippen LogP contribution in [0.15, 0.2) is 30.6 Å². The molecule has 0 saturated heterocycles. The number of pyridine rings is 1. The average Bonchev–Trinajstić information content (AvgIpc) is 2.61. The van der Waals surface area contributed by atoms with Crippen molar-refractivity contribution in [3.05, 3.63) is 36.3 Å². The van der Waals surface area contributed by atoms with Crippen LogP contribution in [0.3, 0.4) is 0 Å². The van der Waals surface area contributed by atoms with Crippen LogP contribution in [-0.2, 0) is 0 Å². The van der Waals surface area contributed by atoms with E-state index in [4.69, 9.17) is 5.73 Å². The fourth-order valence-corrected chi connectivity index (χ4v) is 1.61. The first-order valence-corrected chi connectivity index (χ1v) is 4.95. The first-order valence-electron chi connectivity index (χ1n) is 4.95. The summed E-state index contributed by atoms with van der Waals surface area (Å²) in [5.74, 6) is 1.13. The number of hydrogen-bond donors (Lipinski definition) is 1. The lowest BCUT2D eigenvalue weighted by molar-refractivity contribution is 0.723. The van der Waals surface area contributed by atoms with E-state index in [1.165, 1.54) is 0 Å². The quantitative estimate of drug-likeness (QED) is 0.810. The standard InChI is InChI=1S/C11H14N4/c1-8(2)11-9(12)7-14-15(11)10-5-3-4-6-13-10/h3-8H,12H2,1-2H3. The Bertz CT molecular complexity index is 445. The molecule has 0 aliphatic rings. The number of rotatable bonds is 2. The van der Waals surface area contributed by atoms with Crippen molar-refractivity contribution in [2.45, 2.75) is 19.8 Å². The van der Waals surface area contributed by atoms with Crippen LogP contribution in [0.5, 0.6) is 0 Å². The summed E-state index contributed by atoms with van der Waals surface area (Å²) < 4.78 is 1.79. The number of aromatic nitrogens is 3. The van der Waals surface area contributed by atoms with Gasteiger partial charge in [0.05, 0.1) is 17.6 Å². The molecule has 0 unspecified atom stereocenters. The predicted molar refractivity (Wildman–Crippen MR) is 59.9 cm³/mol. The molecule has 2 rings (SSSR count). The summed E-state index contributed by atoms with van der Waals surface area (Å²) in [7, 11) is 0. The molecule has 78 valence electrons. The molecule has 0 aromatic carbocycles. The van der Waals surface area contributed by atoms with Crippen molar-refractivity contribution < 1.29 is 0 Å². The van der Waals surface area contributed by atoms with Crippen LogP contribution >= 0.6 is 0 Å². The van der Waals surface area contributed by atoms with Crippen LogP contribution in [0.4, 0.5) is 5.69 Å². The molecular weight excluding hydrogens is 188 g/mol. The highest BCUT2D eigenvalue weighted by atomic mass is 15.3. The van der Waals surface area contributed by atoms with Gasteiger partial charge in [-0.25, -0.2) is 9.67 Å². The summed E-state index contributed by atoms with van der Waals surface area (Å²) in [6, 6.07) is 5.73. The second kappa shape index (κ2) is 3.73. The van der Waals surface area contributed by atoms with Gasteiger partial charge in [-0.05, 0) is 18.1 Å². The summed E-state index contributed by atoms with van der Waals surface area (Å²) in [6.45, 7) is 4.18. The molecule has 0 aliphatic heterocycles. The third kappa shape index (κ3) is 1.70. The highest BCUT2D eigenvalue weighted by Gasteiger charge is 2.13. The highest BCUT2D eigenvalue weighted by molar-refractivity contribution is 5.45. The van der Waals surface area contributed by atoms with E-state index in [9.17, 15) is 0 Å². The smallest absolute Gasteiger partial charge is 0.153 e. The Balaban J connectivity index is 2.54. The lowest BCUT2D eigenvalue weighted by Gasteiger charge is -2.09. The summed E-state index contributed by atoms with van der Waals surface area (Å²) in [5, 5.41) is 4.24. The molecule has 15 heavy (non-hydrogen) atoms. The van der Waals surface area contributed by atoms with Crippen molar-refractivity contribution in [3.8, 4) is 5.82 Å². The van der Waals surface area contributed by atoms with Gasteiger partial charge in [-0.2, -0.15) is 5.10 Å². The van der Waals surface area contributed by atoms with Crippen molar-refractivity contribution in [1.29, 1.82) is 0 Å². The van der Waals surface area contributed by atoms with Gasteiger partial charge < -0.3 is 5.73 Å². The minimum Gasteiger partial charge on any atom is -0.396 e. The van der Waals surface area contributed by atoms with Gasteiger partial charge in [0.1, 0.15) is 0 Å². The van der Waals surface area contributed by atoms with Crippen molar-refractivity contribution in [2.75, 3.05) is 5.73 Å². The Morgan fingerprint density at radius 3 is 2.73 bits per heavy atom. The number of nitrogen functional groups attached to an aromatic ring is 1. The summed E-state index contributed by atoms with van der Waals surface area (Å²) >= 11 is 0. The Kier molecular flexibility index (Phi) is 2.41. The molecular formula is C11H14N4. The maximum Gasteiger partial charge on any atom is 0.153 e. The lowest BCUT2D eigenvalue weighted by Crippen LogP contribution is -2.06. The third-order valence-corrected chi connectivity index (χ3v) is 2.25. The number of anilines is 1. The van der Waals surface area contributed by atoms with Gasteiger partial charge in [0, 0.05) is 6.20 Å². The molecule has 2 N–H and O–H groups in total. The molecule has 0 amide bonds. The zero-order valence-corrected chi connectivity index (χ0v) is 8.88. The normalized spacial score (nSPS) is 10.9. The number of hydrogen-bond acceptors (Lipinski definition) is 3. The van der Waals surface area contributed by atoms with E-state index >= 15 is 0 Å². The minimum atomic E-state index is 0.328. The van der Waals surface area contributed by atoms with E-state index in [1.54, 1.807) is 17.1 Å². The zero-order valence-electron chi connectivity index (χ0n) is 8.88. The second-order valence-corrected chi connectivity index (χ2v) is 3.74. The number of nitrogens with zero attached hydrogens (tertiary/aromatic N) is 3. The first kappa shape index (κ1) is 9.71. The van der Waals surface area contributed by atoms with E-state index in [2.05, 4.69) is 23.9 Å². The fraction of sp³-hybridized carbons (Fsp3) is 0.273. The van der Waals surface area contributed by atoms with Crippen molar-refractivity contribution in [1.82, 2.24) is 14.8 Å². The minimum absolute atomic E-state index is 0.328. The average molecular weight is 202 g/mol. The van der Waals surface area contributed by atoms with Crippen LogP contribution in [0.2, 0.25) is 0 Å². The molecule has 0 fully saturated rings.